The Bertz CT molecular complexity index is 918. The van der Waals surface area contributed by atoms with Crippen LogP contribution in [0.15, 0.2) is 52.8 Å². The van der Waals surface area contributed by atoms with Crippen LogP contribution in [0.25, 0.3) is 5.65 Å². The molecule has 0 saturated heterocycles. The molecular weight excluding hydrogens is 299 g/mol. The maximum Gasteiger partial charge on any atom is 0.309 e. The number of azo groups is 1. The molecule has 0 aliphatic heterocycles. The summed E-state index contributed by atoms with van der Waals surface area (Å²) in [4.78, 5) is 15.3. The summed E-state index contributed by atoms with van der Waals surface area (Å²) in [6.45, 7) is 1.91. The van der Waals surface area contributed by atoms with Crippen molar-refractivity contribution in [3.8, 4) is 0 Å². The van der Waals surface area contributed by atoms with Gasteiger partial charge in [-0.1, -0.05) is 12.1 Å². The minimum atomic E-state index is -1.02. The number of hydrogen-bond donors (Lipinski definition) is 1. The summed E-state index contributed by atoms with van der Waals surface area (Å²) in [6, 6.07) is 9.64. The zero-order valence-corrected chi connectivity index (χ0v) is 12.3. The molecular formula is C16H13FN4O2. The van der Waals surface area contributed by atoms with E-state index in [1.807, 2.05) is 19.1 Å². The number of carbonyl (C=O) groups is 1. The van der Waals surface area contributed by atoms with E-state index in [0.29, 0.717) is 5.65 Å². The van der Waals surface area contributed by atoms with Gasteiger partial charge in [-0.25, -0.2) is 9.37 Å². The smallest absolute Gasteiger partial charge is 0.309 e. The first-order chi connectivity index (χ1) is 11.0. The van der Waals surface area contributed by atoms with Gasteiger partial charge >= 0.3 is 5.97 Å². The fourth-order valence-corrected chi connectivity index (χ4v) is 2.18. The lowest BCUT2D eigenvalue weighted by molar-refractivity contribution is -0.136. The Morgan fingerprint density at radius 2 is 2.09 bits per heavy atom. The van der Waals surface area contributed by atoms with Crippen LogP contribution >= 0.6 is 0 Å². The van der Waals surface area contributed by atoms with Crippen molar-refractivity contribution in [2.45, 2.75) is 13.3 Å². The molecule has 6 nitrogen and oxygen atoms in total. The molecule has 0 aliphatic carbocycles. The highest BCUT2D eigenvalue weighted by molar-refractivity contribution is 5.72. The molecule has 3 rings (SSSR count). The van der Waals surface area contributed by atoms with E-state index in [4.69, 9.17) is 5.11 Å². The summed E-state index contributed by atoms with van der Waals surface area (Å²) in [5.41, 5.74) is 1.92. The second kappa shape index (κ2) is 5.96. The van der Waals surface area contributed by atoms with Crippen LogP contribution in [0.2, 0.25) is 0 Å². The molecule has 1 aromatic carbocycles. The van der Waals surface area contributed by atoms with Crippen molar-refractivity contribution in [1.29, 1.82) is 0 Å². The molecule has 2 heterocycles. The van der Waals surface area contributed by atoms with Gasteiger partial charge in [0, 0.05) is 6.20 Å². The number of imidazole rings is 1. The average Bonchev–Trinajstić information content (AvgIpc) is 2.82. The topological polar surface area (TPSA) is 79.3 Å². The van der Waals surface area contributed by atoms with E-state index in [9.17, 15) is 9.18 Å². The highest BCUT2D eigenvalue weighted by Crippen LogP contribution is 2.26. The van der Waals surface area contributed by atoms with Gasteiger partial charge in [0.05, 0.1) is 12.1 Å². The van der Waals surface area contributed by atoms with Crippen LogP contribution in [-0.4, -0.2) is 20.5 Å². The zero-order chi connectivity index (χ0) is 16.4. The Kier molecular flexibility index (Phi) is 3.84. The molecule has 0 aliphatic rings. The number of carboxylic acid groups (broad SMARTS) is 1. The van der Waals surface area contributed by atoms with Crippen LogP contribution in [0.1, 0.15) is 11.3 Å². The minimum absolute atomic E-state index is 0.0795. The van der Waals surface area contributed by atoms with Crippen LogP contribution < -0.4 is 0 Å². The van der Waals surface area contributed by atoms with Crippen molar-refractivity contribution in [3.63, 3.8) is 0 Å². The highest BCUT2D eigenvalue weighted by Gasteiger charge is 2.15. The molecule has 0 atom stereocenters. The monoisotopic (exact) mass is 312 g/mol. The summed E-state index contributed by atoms with van der Waals surface area (Å²) < 4.78 is 15.3. The number of aryl methyl sites for hydroxylation is 1. The summed E-state index contributed by atoms with van der Waals surface area (Å²) in [6.07, 6.45) is 1.45. The molecule has 3 aromatic rings. The molecule has 116 valence electrons. The van der Waals surface area contributed by atoms with Crippen LogP contribution in [0.5, 0.6) is 0 Å². The number of aromatic nitrogens is 2. The van der Waals surface area contributed by atoms with Crippen LogP contribution in [0.4, 0.5) is 15.9 Å². The highest BCUT2D eigenvalue weighted by atomic mass is 19.1. The Hall–Kier alpha value is -3.09. The standard InChI is InChI=1S/C16H13FN4O2/c1-10-6-7-21-14(8-10)18-13(9-15(22)23)16(21)20-19-12-5-3-2-4-11(12)17/h2-8H,9H2,1H3,(H,22,23). The normalized spacial score (nSPS) is 11.4. The summed E-state index contributed by atoms with van der Waals surface area (Å²) in [5, 5.41) is 16.9. The van der Waals surface area contributed by atoms with Gasteiger partial charge in [0.2, 0.25) is 0 Å². The molecule has 2 aromatic heterocycles. The van der Waals surface area contributed by atoms with Crippen molar-refractivity contribution in [2.75, 3.05) is 0 Å². The van der Waals surface area contributed by atoms with Gasteiger partial charge in [-0.2, -0.15) is 0 Å². The Labute approximate surface area is 130 Å². The van der Waals surface area contributed by atoms with E-state index in [1.54, 1.807) is 22.7 Å². The lowest BCUT2D eigenvalue weighted by Gasteiger charge is -1.99. The Morgan fingerprint density at radius 3 is 2.83 bits per heavy atom. The molecule has 0 bridgehead atoms. The summed E-state index contributed by atoms with van der Waals surface area (Å²) in [7, 11) is 0. The van der Waals surface area contributed by atoms with Gasteiger partial charge in [0.25, 0.3) is 0 Å². The molecule has 7 heteroatoms. The van der Waals surface area contributed by atoms with Crippen LogP contribution in [0.3, 0.4) is 0 Å². The maximum atomic E-state index is 13.6. The second-order valence-electron chi connectivity index (χ2n) is 5.04. The number of halogens is 1. The van der Waals surface area contributed by atoms with E-state index in [-0.39, 0.29) is 23.6 Å². The zero-order valence-electron chi connectivity index (χ0n) is 12.3. The van der Waals surface area contributed by atoms with Gasteiger partial charge in [-0.05, 0) is 36.8 Å². The first-order valence-corrected chi connectivity index (χ1v) is 6.90. The van der Waals surface area contributed by atoms with Crippen molar-refractivity contribution in [2.24, 2.45) is 10.2 Å². The number of benzene rings is 1. The number of carboxylic acids is 1. The SMILES string of the molecule is Cc1ccn2c(N=Nc3ccccc3F)c(CC(=O)O)nc2c1. The second-order valence-corrected chi connectivity index (χ2v) is 5.04. The lowest BCUT2D eigenvalue weighted by Crippen LogP contribution is -2.00. The first-order valence-electron chi connectivity index (χ1n) is 6.90. The van der Waals surface area contributed by atoms with Gasteiger partial charge in [0.15, 0.2) is 11.6 Å². The summed E-state index contributed by atoms with van der Waals surface area (Å²) >= 11 is 0. The fourth-order valence-electron chi connectivity index (χ4n) is 2.18. The third kappa shape index (κ3) is 3.08. The van der Waals surface area contributed by atoms with E-state index in [2.05, 4.69) is 15.2 Å². The van der Waals surface area contributed by atoms with Crippen molar-refractivity contribution >= 4 is 23.1 Å². The molecule has 0 saturated carbocycles. The molecule has 0 amide bonds. The van der Waals surface area contributed by atoms with Gasteiger partial charge in [-0.3, -0.25) is 9.20 Å². The molecule has 1 N–H and O–H groups in total. The Balaban J connectivity index is 2.10. The predicted octanol–water partition coefficient (Wildman–Crippen LogP) is 3.82. The largest absolute Gasteiger partial charge is 0.481 e. The third-order valence-corrected chi connectivity index (χ3v) is 3.25. The third-order valence-electron chi connectivity index (χ3n) is 3.25. The van der Waals surface area contributed by atoms with E-state index >= 15 is 0 Å². The van der Waals surface area contributed by atoms with Gasteiger partial charge < -0.3 is 5.11 Å². The number of rotatable bonds is 4. The number of aliphatic carboxylic acids is 1. The van der Waals surface area contributed by atoms with Crippen molar-refractivity contribution < 1.29 is 14.3 Å². The van der Waals surface area contributed by atoms with Crippen LogP contribution in [0, 0.1) is 12.7 Å². The van der Waals surface area contributed by atoms with Gasteiger partial charge in [0.1, 0.15) is 11.3 Å². The van der Waals surface area contributed by atoms with E-state index < -0.39 is 11.8 Å². The van der Waals surface area contributed by atoms with E-state index in [1.165, 1.54) is 12.1 Å². The summed E-state index contributed by atoms with van der Waals surface area (Å²) in [5.74, 6) is -1.24. The number of fused-ring (bicyclic) bond motifs is 1. The predicted molar refractivity (Wildman–Crippen MR) is 81.8 cm³/mol. The van der Waals surface area contributed by atoms with Crippen LogP contribution in [-0.2, 0) is 11.2 Å². The first kappa shape index (κ1) is 14.8. The number of nitrogens with zero attached hydrogens (tertiary/aromatic N) is 4. The van der Waals surface area contributed by atoms with Gasteiger partial charge in [-0.15, -0.1) is 10.2 Å². The molecule has 0 unspecified atom stereocenters. The molecule has 0 radical (unpaired) electrons. The quantitative estimate of drug-likeness (QED) is 0.744. The minimum Gasteiger partial charge on any atom is -0.481 e. The molecule has 0 spiro atoms. The number of pyridine rings is 1. The fraction of sp³-hybridized carbons (Fsp3) is 0.125. The lowest BCUT2D eigenvalue weighted by atomic mass is 10.3. The van der Waals surface area contributed by atoms with Crippen molar-refractivity contribution in [3.05, 3.63) is 59.7 Å². The average molecular weight is 312 g/mol. The van der Waals surface area contributed by atoms with E-state index in [0.717, 1.165) is 5.56 Å². The van der Waals surface area contributed by atoms with Crippen molar-refractivity contribution in [1.82, 2.24) is 9.38 Å². The Morgan fingerprint density at radius 1 is 1.30 bits per heavy atom. The molecule has 0 fully saturated rings. The molecule has 23 heavy (non-hydrogen) atoms. The number of hydrogen-bond acceptors (Lipinski definition) is 4. The maximum absolute atomic E-state index is 13.6.